The van der Waals surface area contributed by atoms with Crippen molar-refractivity contribution in [3.8, 4) is 11.5 Å². The monoisotopic (exact) mass is 488 g/mol. The number of barbiturate groups is 1. The Balaban J connectivity index is 1.88. The van der Waals surface area contributed by atoms with Crippen LogP contribution in [-0.4, -0.2) is 36.4 Å². The van der Waals surface area contributed by atoms with E-state index in [1.807, 2.05) is 0 Å². The lowest BCUT2D eigenvalue weighted by atomic mass is 10.1. The number of urea groups is 1. The topological polar surface area (TPSA) is 84.9 Å². The molecule has 0 spiro atoms. The van der Waals surface area contributed by atoms with Gasteiger partial charge in [-0.15, -0.1) is 6.58 Å². The molecule has 1 aliphatic rings. The Hall–Kier alpha value is -3.46. The number of carbonyl (C=O) groups excluding carboxylic acids is 3. The Morgan fingerprint density at radius 3 is 2.55 bits per heavy atom. The van der Waals surface area contributed by atoms with Crippen molar-refractivity contribution < 1.29 is 28.2 Å². The zero-order valence-electron chi connectivity index (χ0n) is 16.5. The van der Waals surface area contributed by atoms with E-state index in [-0.39, 0.29) is 24.5 Å². The Bertz CT molecular complexity index is 1080. The van der Waals surface area contributed by atoms with Crippen molar-refractivity contribution in [2.75, 3.05) is 13.7 Å². The zero-order chi connectivity index (χ0) is 22.5. The van der Waals surface area contributed by atoms with Crippen molar-refractivity contribution in [1.82, 2.24) is 10.2 Å². The highest BCUT2D eigenvalue weighted by molar-refractivity contribution is 9.10. The molecule has 0 unspecified atom stereocenters. The van der Waals surface area contributed by atoms with Gasteiger partial charge in [0.25, 0.3) is 11.8 Å². The van der Waals surface area contributed by atoms with E-state index in [1.165, 1.54) is 31.4 Å². The van der Waals surface area contributed by atoms with Crippen LogP contribution in [0.4, 0.5) is 9.18 Å². The van der Waals surface area contributed by atoms with Gasteiger partial charge in [-0.3, -0.25) is 19.8 Å². The average Bonchev–Trinajstić information content (AvgIpc) is 2.74. The molecular formula is C22H18BrFN2O5. The lowest BCUT2D eigenvalue weighted by Crippen LogP contribution is -2.54. The van der Waals surface area contributed by atoms with Gasteiger partial charge < -0.3 is 9.47 Å². The highest BCUT2D eigenvalue weighted by atomic mass is 79.9. The molecule has 160 valence electrons. The summed E-state index contributed by atoms with van der Waals surface area (Å²) in [7, 11) is 1.45. The molecule has 4 amide bonds. The van der Waals surface area contributed by atoms with Crippen LogP contribution in [0.25, 0.3) is 6.08 Å². The van der Waals surface area contributed by atoms with Crippen LogP contribution in [0.15, 0.2) is 59.1 Å². The van der Waals surface area contributed by atoms with Crippen molar-refractivity contribution in [2.24, 2.45) is 0 Å². The summed E-state index contributed by atoms with van der Waals surface area (Å²) in [6, 6.07) is 8.34. The van der Waals surface area contributed by atoms with Gasteiger partial charge >= 0.3 is 6.03 Å². The first-order chi connectivity index (χ1) is 14.8. The van der Waals surface area contributed by atoms with E-state index in [0.717, 1.165) is 10.5 Å². The smallest absolute Gasteiger partial charge is 0.331 e. The molecule has 2 aromatic rings. The number of rotatable bonds is 7. The zero-order valence-corrected chi connectivity index (χ0v) is 18.1. The molecule has 1 fully saturated rings. The molecule has 0 aromatic heterocycles. The molecule has 2 aromatic carbocycles. The van der Waals surface area contributed by atoms with Crippen molar-refractivity contribution in [1.29, 1.82) is 0 Å². The van der Waals surface area contributed by atoms with E-state index in [4.69, 9.17) is 9.47 Å². The third-order valence-electron chi connectivity index (χ3n) is 4.36. The summed E-state index contributed by atoms with van der Waals surface area (Å²) in [6.45, 7) is 3.65. The number of imide groups is 2. The first-order valence-corrected chi connectivity index (χ1v) is 9.88. The van der Waals surface area contributed by atoms with Crippen LogP contribution < -0.4 is 14.8 Å². The first-order valence-electron chi connectivity index (χ1n) is 9.08. The molecule has 0 saturated carbocycles. The average molecular weight is 489 g/mol. The van der Waals surface area contributed by atoms with E-state index in [2.05, 4.69) is 27.8 Å². The maximum absolute atomic E-state index is 13.1. The summed E-state index contributed by atoms with van der Waals surface area (Å²) < 4.78 is 24.8. The largest absolute Gasteiger partial charge is 0.493 e. The molecule has 0 bridgehead atoms. The highest BCUT2D eigenvalue weighted by Crippen LogP contribution is 2.38. The van der Waals surface area contributed by atoms with E-state index < -0.39 is 17.8 Å². The van der Waals surface area contributed by atoms with Crippen LogP contribution in [0.1, 0.15) is 11.1 Å². The Labute approximate surface area is 186 Å². The second-order valence-corrected chi connectivity index (χ2v) is 7.33. The molecule has 1 aliphatic heterocycles. The van der Waals surface area contributed by atoms with Crippen molar-refractivity contribution in [3.05, 3.63) is 76.0 Å². The summed E-state index contributed by atoms with van der Waals surface area (Å²) in [4.78, 5) is 37.5. The summed E-state index contributed by atoms with van der Waals surface area (Å²) in [6.07, 6.45) is 2.75. The van der Waals surface area contributed by atoms with Gasteiger partial charge in [-0.25, -0.2) is 9.18 Å². The number of hydrogen-bond acceptors (Lipinski definition) is 5. The molecule has 1 heterocycles. The van der Waals surface area contributed by atoms with Crippen LogP contribution in [0, 0.1) is 5.82 Å². The van der Waals surface area contributed by atoms with Crippen LogP contribution in [0.3, 0.4) is 0 Å². The minimum absolute atomic E-state index is 0.0293. The number of carbonyl (C=O) groups is 3. The Morgan fingerprint density at radius 2 is 1.90 bits per heavy atom. The predicted molar refractivity (Wildman–Crippen MR) is 115 cm³/mol. The fourth-order valence-electron chi connectivity index (χ4n) is 2.85. The molecule has 1 saturated heterocycles. The third-order valence-corrected chi connectivity index (χ3v) is 4.95. The molecule has 3 rings (SSSR count). The molecule has 7 nitrogen and oxygen atoms in total. The third kappa shape index (κ3) is 5.00. The Kier molecular flexibility index (Phi) is 6.86. The first kappa shape index (κ1) is 22.2. The number of nitrogens with zero attached hydrogens (tertiary/aromatic N) is 1. The molecule has 0 radical (unpaired) electrons. The number of nitrogens with one attached hydrogen (secondary N) is 1. The van der Waals surface area contributed by atoms with Gasteiger partial charge in [-0.1, -0.05) is 18.2 Å². The molecule has 0 atom stereocenters. The summed E-state index contributed by atoms with van der Waals surface area (Å²) in [5.74, 6) is -1.10. The number of methoxy groups -OCH3 is 1. The van der Waals surface area contributed by atoms with Crippen molar-refractivity contribution in [3.63, 3.8) is 0 Å². The van der Waals surface area contributed by atoms with Crippen LogP contribution >= 0.6 is 15.9 Å². The van der Waals surface area contributed by atoms with Gasteiger partial charge in [-0.05, 0) is 57.4 Å². The predicted octanol–water partition coefficient (Wildman–Crippen LogP) is 3.82. The van der Waals surface area contributed by atoms with Gasteiger partial charge in [-0.2, -0.15) is 0 Å². The highest BCUT2D eigenvalue weighted by Gasteiger charge is 2.35. The Morgan fingerprint density at radius 1 is 1.19 bits per heavy atom. The molecule has 31 heavy (non-hydrogen) atoms. The lowest BCUT2D eigenvalue weighted by molar-refractivity contribution is -0.129. The fraction of sp³-hybridized carbons (Fsp3) is 0.136. The molecule has 1 N–H and O–H groups in total. The molecule has 9 heteroatoms. The van der Waals surface area contributed by atoms with Crippen molar-refractivity contribution >= 4 is 39.9 Å². The number of ether oxygens (including phenoxy) is 2. The summed E-state index contributed by atoms with van der Waals surface area (Å²) in [5.41, 5.74) is 1.04. The van der Waals surface area contributed by atoms with E-state index >= 15 is 0 Å². The summed E-state index contributed by atoms with van der Waals surface area (Å²) >= 11 is 3.41. The molecule has 0 aliphatic carbocycles. The maximum atomic E-state index is 13.1. The minimum Gasteiger partial charge on any atom is -0.493 e. The number of hydrogen-bond donors (Lipinski definition) is 1. The number of amides is 4. The van der Waals surface area contributed by atoms with E-state index in [0.29, 0.717) is 21.5 Å². The van der Waals surface area contributed by atoms with Crippen LogP contribution in [0.2, 0.25) is 0 Å². The normalized spacial score (nSPS) is 15.1. The molecular weight excluding hydrogens is 471 g/mol. The van der Waals surface area contributed by atoms with Gasteiger partial charge in [0.15, 0.2) is 11.5 Å². The number of halogens is 2. The second-order valence-electron chi connectivity index (χ2n) is 6.47. The fourth-order valence-corrected chi connectivity index (χ4v) is 3.43. The standard InChI is InChI=1S/C22H18BrFN2O5/c1-3-8-26-21(28)16(20(27)25-22(26)29)9-14-10-17(23)19(18(11-14)30-2)31-12-13-4-6-15(24)7-5-13/h3-7,9-11H,1,8,12H2,2H3,(H,25,27,29)/b16-9-. The van der Waals surface area contributed by atoms with Gasteiger partial charge in [0.05, 0.1) is 11.6 Å². The minimum atomic E-state index is -0.796. The van der Waals surface area contributed by atoms with Gasteiger partial charge in [0, 0.05) is 6.54 Å². The van der Waals surface area contributed by atoms with Crippen LogP contribution in [-0.2, 0) is 16.2 Å². The maximum Gasteiger partial charge on any atom is 0.331 e. The van der Waals surface area contributed by atoms with Gasteiger partial charge in [0.2, 0.25) is 0 Å². The number of benzene rings is 2. The van der Waals surface area contributed by atoms with E-state index in [1.54, 1.807) is 24.3 Å². The second kappa shape index (κ2) is 9.57. The quantitative estimate of drug-likeness (QED) is 0.363. The van der Waals surface area contributed by atoms with Crippen LogP contribution in [0.5, 0.6) is 11.5 Å². The van der Waals surface area contributed by atoms with Crippen molar-refractivity contribution in [2.45, 2.75) is 6.61 Å². The van der Waals surface area contributed by atoms with Gasteiger partial charge in [0.1, 0.15) is 18.0 Å². The summed E-state index contributed by atoms with van der Waals surface area (Å²) in [5, 5.41) is 2.13. The SMILES string of the molecule is C=CCN1C(=O)NC(=O)/C(=C/c2cc(Br)c(OCc3ccc(F)cc3)c(OC)c2)C1=O. The van der Waals surface area contributed by atoms with E-state index in [9.17, 15) is 18.8 Å². The lowest BCUT2D eigenvalue weighted by Gasteiger charge is -2.25.